The van der Waals surface area contributed by atoms with Gasteiger partial charge in [-0.2, -0.15) is 0 Å². The summed E-state index contributed by atoms with van der Waals surface area (Å²) >= 11 is 5.56. The zero-order valence-corrected chi connectivity index (χ0v) is 9.82. The van der Waals surface area contributed by atoms with E-state index in [2.05, 4.69) is 0 Å². The van der Waals surface area contributed by atoms with Gasteiger partial charge in [0, 0.05) is 18.3 Å². The number of carboxylic acids is 1. The van der Waals surface area contributed by atoms with Gasteiger partial charge < -0.3 is 5.11 Å². The van der Waals surface area contributed by atoms with Crippen molar-refractivity contribution in [3.8, 4) is 0 Å². The van der Waals surface area contributed by atoms with Crippen molar-refractivity contribution in [2.75, 3.05) is 0 Å². The van der Waals surface area contributed by atoms with Crippen LogP contribution in [0, 0.1) is 0 Å². The van der Waals surface area contributed by atoms with Gasteiger partial charge in [-0.1, -0.05) is 24.6 Å². The molecule has 0 aliphatic carbocycles. The van der Waals surface area contributed by atoms with Crippen molar-refractivity contribution in [3.63, 3.8) is 0 Å². The van der Waals surface area contributed by atoms with Crippen LogP contribution >= 0.6 is 11.6 Å². The molecular weight excluding hydrogens is 248 g/mol. The molecule has 0 aliphatic heterocycles. The predicted octanol–water partition coefficient (Wildman–Crippen LogP) is 0.611. The number of hydrogen-bond acceptors (Lipinski definition) is 3. The lowest BCUT2D eigenvalue weighted by Gasteiger charge is -2.02. The van der Waals surface area contributed by atoms with Crippen LogP contribution in [-0.4, -0.2) is 20.6 Å². The van der Waals surface area contributed by atoms with E-state index < -0.39 is 17.2 Å². The molecule has 92 valence electrons. The van der Waals surface area contributed by atoms with E-state index in [1.165, 1.54) is 12.3 Å². The second kappa shape index (κ2) is 5.49. The molecule has 1 aromatic rings. The number of allylic oxidation sites excluding steroid dienone is 1. The number of nitrogens with zero attached hydrogens (tertiary/aromatic N) is 1. The van der Waals surface area contributed by atoms with E-state index in [1.54, 1.807) is 6.92 Å². The number of carboxylic acid groups (broad SMARTS) is 1. The van der Waals surface area contributed by atoms with Gasteiger partial charge in [-0.15, -0.1) is 0 Å². The standard InChI is InChI=1S/C10H11ClN2O4/c1-2-6(9(15)16)3-4-13-5-7(11)8(14)12-10(13)17/h3,5H,2,4H2,1H3,(H,15,16)(H,12,14,17). The van der Waals surface area contributed by atoms with Crippen molar-refractivity contribution < 1.29 is 9.90 Å². The Morgan fingerprint density at radius 3 is 2.76 bits per heavy atom. The zero-order valence-electron chi connectivity index (χ0n) is 9.07. The second-order valence-corrected chi connectivity index (χ2v) is 3.68. The summed E-state index contributed by atoms with van der Waals surface area (Å²) in [6.45, 7) is 1.74. The van der Waals surface area contributed by atoms with Crippen LogP contribution in [0.5, 0.6) is 0 Å². The first-order valence-electron chi connectivity index (χ1n) is 4.87. The van der Waals surface area contributed by atoms with E-state index >= 15 is 0 Å². The zero-order chi connectivity index (χ0) is 13.0. The monoisotopic (exact) mass is 258 g/mol. The first-order valence-corrected chi connectivity index (χ1v) is 5.25. The topological polar surface area (TPSA) is 92.2 Å². The number of aliphatic carboxylic acids is 1. The fraction of sp³-hybridized carbons (Fsp3) is 0.300. The first kappa shape index (κ1) is 13.2. The van der Waals surface area contributed by atoms with E-state index in [9.17, 15) is 14.4 Å². The van der Waals surface area contributed by atoms with Crippen molar-refractivity contribution in [1.29, 1.82) is 0 Å². The molecule has 2 N–H and O–H groups in total. The summed E-state index contributed by atoms with van der Waals surface area (Å²) < 4.78 is 1.13. The molecule has 0 aliphatic rings. The molecule has 0 bridgehead atoms. The molecule has 7 heteroatoms. The van der Waals surface area contributed by atoms with Crippen LogP contribution in [0.2, 0.25) is 5.02 Å². The van der Waals surface area contributed by atoms with Crippen LogP contribution in [0.25, 0.3) is 0 Å². The summed E-state index contributed by atoms with van der Waals surface area (Å²) in [5, 5.41) is 8.66. The number of H-pyrrole nitrogens is 1. The van der Waals surface area contributed by atoms with Gasteiger partial charge in [0.25, 0.3) is 5.56 Å². The molecule has 0 amide bonds. The quantitative estimate of drug-likeness (QED) is 0.774. The fourth-order valence-corrected chi connectivity index (χ4v) is 1.37. The number of rotatable bonds is 4. The molecule has 1 rings (SSSR count). The Labute approximate surface area is 101 Å². The normalized spacial score (nSPS) is 11.5. The van der Waals surface area contributed by atoms with Gasteiger partial charge in [0.2, 0.25) is 0 Å². The van der Waals surface area contributed by atoms with Gasteiger partial charge in [-0.3, -0.25) is 14.3 Å². The summed E-state index contributed by atoms with van der Waals surface area (Å²) in [6.07, 6.45) is 2.92. The molecule has 0 fully saturated rings. The average Bonchev–Trinajstić information content (AvgIpc) is 2.25. The summed E-state index contributed by atoms with van der Waals surface area (Å²) in [4.78, 5) is 35.1. The lowest BCUT2D eigenvalue weighted by molar-refractivity contribution is -0.132. The number of carbonyl (C=O) groups is 1. The minimum Gasteiger partial charge on any atom is -0.478 e. The van der Waals surface area contributed by atoms with Gasteiger partial charge in [0.05, 0.1) is 0 Å². The Morgan fingerprint density at radius 1 is 1.59 bits per heavy atom. The highest BCUT2D eigenvalue weighted by Gasteiger charge is 2.05. The van der Waals surface area contributed by atoms with Gasteiger partial charge in [-0.05, 0) is 6.42 Å². The first-order chi connectivity index (χ1) is 7.95. The third-order valence-corrected chi connectivity index (χ3v) is 2.43. The van der Waals surface area contributed by atoms with Crippen LogP contribution < -0.4 is 11.2 Å². The molecule has 1 heterocycles. The Kier molecular flexibility index (Phi) is 4.28. The molecule has 0 atom stereocenters. The van der Waals surface area contributed by atoms with Crippen molar-refractivity contribution in [2.24, 2.45) is 0 Å². The van der Waals surface area contributed by atoms with Crippen LogP contribution in [0.3, 0.4) is 0 Å². The maximum absolute atomic E-state index is 11.3. The molecule has 0 radical (unpaired) electrons. The molecule has 1 aromatic heterocycles. The Bertz CT molecular complexity index is 570. The number of hydrogen-bond donors (Lipinski definition) is 2. The lowest BCUT2D eigenvalue weighted by Crippen LogP contribution is -2.29. The molecule has 0 unspecified atom stereocenters. The highest BCUT2D eigenvalue weighted by atomic mass is 35.5. The van der Waals surface area contributed by atoms with Gasteiger partial charge in [-0.25, -0.2) is 9.59 Å². The summed E-state index contributed by atoms with van der Waals surface area (Å²) in [6, 6.07) is 0. The fourth-order valence-electron chi connectivity index (χ4n) is 1.21. The number of aromatic nitrogens is 2. The molecule has 0 aromatic carbocycles. The third-order valence-electron chi connectivity index (χ3n) is 2.16. The van der Waals surface area contributed by atoms with Crippen LogP contribution in [0.1, 0.15) is 13.3 Å². The Hall–Kier alpha value is -1.82. The highest BCUT2D eigenvalue weighted by molar-refractivity contribution is 6.30. The number of halogens is 1. The van der Waals surface area contributed by atoms with Crippen molar-refractivity contribution >= 4 is 17.6 Å². The smallest absolute Gasteiger partial charge is 0.331 e. The second-order valence-electron chi connectivity index (χ2n) is 3.28. The van der Waals surface area contributed by atoms with Crippen LogP contribution in [0.4, 0.5) is 0 Å². The minimum absolute atomic E-state index is 0.0464. The molecule has 0 spiro atoms. The summed E-state index contributed by atoms with van der Waals surface area (Å²) in [5.74, 6) is -1.03. The molecular formula is C10H11ClN2O4. The van der Waals surface area contributed by atoms with Gasteiger partial charge in [0.15, 0.2) is 0 Å². The number of nitrogens with one attached hydrogen (secondary N) is 1. The highest BCUT2D eigenvalue weighted by Crippen LogP contribution is 2.02. The van der Waals surface area contributed by atoms with E-state index in [1.807, 2.05) is 4.98 Å². The lowest BCUT2D eigenvalue weighted by atomic mass is 10.2. The van der Waals surface area contributed by atoms with E-state index in [-0.39, 0.29) is 17.1 Å². The molecule has 0 saturated heterocycles. The van der Waals surface area contributed by atoms with Crippen molar-refractivity contribution in [1.82, 2.24) is 9.55 Å². The SMILES string of the molecule is CCC(=CCn1cc(Cl)c(=O)[nH]c1=O)C(=O)O. The Morgan fingerprint density at radius 2 is 2.24 bits per heavy atom. The maximum Gasteiger partial charge on any atom is 0.331 e. The minimum atomic E-state index is -1.03. The predicted molar refractivity (Wildman–Crippen MR) is 62.3 cm³/mol. The van der Waals surface area contributed by atoms with Gasteiger partial charge in [0.1, 0.15) is 5.02 Å². The third kappa shape index (κ3) is 3.32. The van der Waals surface area contributed by atoms with Gasteiger partial charge >= 0.3 is 11.7 Å². The molecule has 6 nitrogen and oxygen atoms in total. The van der Waals surface area contributed by atoms with Crippen LogP contribution in [0.15, 0.2) is 27.4 Å². The largest absolute Gasteiger partial charge is 0.478 e. The number of aromatic amines is 1. The average molecular weight is 259 g/mol. The van der Waals surface area contributed by atoms with E-state index in [4.69, 9.17) is 16.7 Å². The molecule has 17 heavy (non-hydrogen) atoms. The Balaban J connectivity index is 3.05. The summed E-state index contributed by atoms with van der Waals surface area (Å²) in [7, 11) is 0. The van der Waals surface area contributed by atoms with E-state index in [0.29, 0.717) is 6.42 Å². The van der Waals surface area contributed by atoms with E-state index in [0.717, 1.165) is 4.57 Å². The summed E-state index contributed by atoms with van der Waals surface area (Å²) in [5.41, 5.74) is -1.10. The van der Waals surface area contributed by atoms with Crippen molar-refractivity contribution in [3.05, 3.63) is 43.7 Å². The molecule has 0 saturated carbocycles. The maximum atomic E-state index is 11.3. The van der Waals surface area contributed by atoms with Crippen molar-refractivity contribution in [2.45, 2.75) is 19.9 Å². The van der Waals surface area contributed by atoms with Crippen LogP contribution in [-0.2, 0) is 11.3 Å².